The van der Waals surface area contributed by atoms with E-state index in [1.165, 1.54) is 24.3 Å². The van der Waals surface area contributed by atoms with Crippen LogP contribution in [0.5, 0.6) is 0 Å². The average Bonchev–Trinajstić information content (AvgIpc) is 2.40. The summed E-state index contributed by atoms with van der Waals surface area (Å²) in [7, 11) is 0. The molecule has 2 rings (SSSR count). The summed E-state index contributed by atoms with van der Waals surface area (Å²) < 4.78 is 13.5. The summed E-state index contributed by atoms with van der Waals surface area (Å²) in [5, 5.41) is 11.6. The number of halogens is 3. The molecular formula is C14H7ClFIN2O. The highest BCUT2D eigenvalue weighted by Crippen LogP contribution is 2.24. The van der Waals surface area contributed by atoms with E-state index < -0.39 is 5.82 Å². The minimum atomic E-state index is -0.401. The van der Waals surface area contributed by atoms with Crippen LogP contribution in [0.15, 0.2) is 36.4 Å². The summed E-state index contributed by atoms with van der Waals surface area (Å²) in [6, 6.07) is 10.4. The van der Waals surface area contributed by atoms with Crippen LogP contribution in [0.1, 0.15) is 15.9 Å². The Morgan fingerprint density at radius 3 is 2.65 bits per heavy atom. The fourth-order valence-corrected chi connectivity index (χ4v) is 2.50. The van der Waals surface area contributed by atoms with Gasteiger partial charge in [0.15, 0.2) is 0 Å². The Morgan fingerprint density at radius 1 is 1.30 bits per heavy atom. The summed E-state index contributed by atoms with van der Waals surface area (Å²) in [6.45, 7) is 0. The molecule has 0 aliphatic carbocycles. The monoisotopic (exact) mass is 400 g/mol. The van der Waals surface area contributed by atoms with Crippen molar-refractivity contribution in [3.63, 3.8) is 0 Å². The molecule has 0 aliphatic heterocycles. The van der Waals surface area contributed by atoms with Crippen LogP contribution in [0, 0.1) is 20.7 Å². The van der Waals surface area contributed by atoms with Crippen molar-refractivity contribution in [2.24, 2.45) is 0 Å². The lowest BCUT2D eigenvalue weighted by molar-refractivity contribution is 0.102. The Bertz CT molecular complexity index is 728. The molecule has 0 fully saturated rings. The van der Waals surface area contributed by atoms with Crippen molar-refractivity contribution in [1.82, 2.24) is 0 Å². The van der Waals surface area contributed by atoms with Crippen molar-refractivity contribution >= 4 is 45.8 Å². The third-order valence-electron chi connectivity index (χ3n) is 2.52. The van der Waals surface area contributed by atoms with Crippen LogP contribution < -0.4 is 5.32 Å². The van der Waals surface area contributed by atoms with Gasteiger partial charge in [0, 0.05) is 3.57 Å². The molecular weight excluding hydrogens is 394 g/mol. The van der Waals surface area contributed by atoms with E-state index in [9.17, 15) is 9.18 Å². The Kier molecular flexibility index (Phi) is 4.57. The third kappa shape index (κ3) is 3.26. The number of nitriles is 1. The number of anilines is 1. The third-order valence-corrected chi connectivity index (χ3v) is 3.73. The van der Waals surface area contributed by atoms with E-state index in [1.807, 2.05) is 28.7 Å². The number of hydrogen-bond acceptors (Lipinski definition) is 2. The summed E-state index contributed by atoms with van der Waals surface area (Å²) in [5.74, 6) is -0.789. The van der Waals surface area contributed by atoms with Gasteiger partial charge in [0.2, 0.25) is 0 Å². The number of rotatable bonds is 2. The van der Waals surface area contributed by atoms with Crippen molar-refractivity contribution in [3.05, 3.63) is 61.9 Å². The SMILES string of the molecule is N#Cc1ccc(NC(=O)c2ccc(F)cc2I)c(Cl)c1. The second-order valence-electron chi connectivity index (χ2n) is 3.88. The molecule has 2 aromatic carbocycles. The maximum Gasteiger partial charge on any atom is 0.256 e. The summed E-state index contributed by atoms with van der Waals surface area (Å²) in [6.07, 6.45) is 0. The van der Waals surface area contributed by atoms with Gasteiger partial charge in [-0.1, -0.05) is 11.6 Å². The predicted octanol–water partition coefficient (Wildman–Crippen LogP) is 4.21. The fraction of sp³-hybridized carbons (Fsp3) is 0. The lowest BCUT2D eigenvalue weighted by Crippen LogP contribution is -2.14. The molecule has 20 heavy (non-hydrogen) atoms. The molecule has 2 aromatic rings. The molecule has 0 saturated carbocycles. The van der Waals surface area contributed by atoms with Crippen LogP contribution in [0.25, 0.3) is 0 Å². The Balaban J connectivity index is 2.26. The van der Waals surface area contributed by atoms with Gasteiger partial charge in [-0.05, 0) is 59.0 Å². The van der Waals surface area contributed by atoms with E-state index in [0.29, 0.717) is 20.4 Å². The van der Waals surface area contributed by atoms with Crippen molar-refractivity contribution in [1.29, 1.82) is 5.26 Å². The molecule has 0 spiro atoms. The first-order chi connectivity index (χ1) is 9.51. The minimum Gasteiger partial charge on any atom is -0.321 e. The molecule has 6 heteroatoms. The normalized spacial score (nSPS) is 9.90. The van der Waals surface area contributed by atoms with Crippen molar-refractivity contribution in [2.75, 3.05) is 5.32 Å². The number of nitrogens with zero attached hydrogens (tertiary/aromatic N) is 1. The predicted molar refractivity (Wildman–Crippen MR) is 83.2 cm³/mol. The van der Waals surface area contributed by atoms with E-state index in [2.05, 4.69) is 5.32 Å². The second kappa shape index (κ2) is 6.20. The Labute approximate surface area is 133 Å². The summed E-state index contributed by atoms with van der Waals surface area (Å²) in [5.41, 5.74) is 1.16. The van der Waals surface area contributed by atoms with Gasteiger partial charge < -0.3 is 5.32 Å². The van der Waals surface area contributed by atoms with Gasteiger partial charge in [0.25, 0.3) is 5.91 Å². The largest absolute Gasteiger partial charge is 0.321 e. The Hall–Kier alpha value is -1.65. The van der Waals surface area contributed by atoms with Gasteiger partial charge in [0.1, 0.15) is 5.82 Å². The van der Waals surface area contributed by atoms with Gasteiger partial charge in [-0.3, -0.25) is 4.79 Å². The van der Waals surface area contributed by atoms with Gasteiger partial charge in [-0.15, -0.1) is 0 Å². The number of amides is 1. The molecule has 0 aliphatic rings. The Morgan fingerprint density at radius 2 is 2.05 bits per heavy atom. The second-order valence-corrected chi connectivity index (χ2v) is 5.45. The number of nitrogens with one attached hydrogen (secondary N) is 1. The van der Waals surface area contributed by atoms with Gasteiger partial charge in [0.05, 0.1) is 27.9 Å². The molecule has 0 radical (unpaired) electrons. The van der Waals surface area contributed by atoms with Crippen LogP contribution in [0.4, 0.5) is 10.1 Å². The molecule has 0 atom stereocenters. The molecule has 3 nitrogen and oxygen atoms in total. The van der Waals surface area contributed by atoms with E-state index in [0.717, 1.165) is 0 Å². The van der Waals surface area contributed by atoms with Crippen LogP contribution >= 0.6 is 34.2 Å². The quantitative estimate of drug-likeness (QED) is 0.768. The number of hydrogen-bond donors (Lipinski definition) is 1. The fourth-order valence-electron chi connectivity index (χ4n) is 1.55. The standard InChI is InChI=1S/C14H7ClFIN2O/c15-11-5-8(7-18)1-4-13(11)19-14(20)10-3-2-9(16)6-12(10)17/h1-6H,(H,19,20). The molecule has 0 bridgehead atoms. The van der Waals surface area contributed by atoms with Crippen LogP contribution in [-0.2, 0) is 0 Å². The van der Waals surface area contributed by atoms with Gasteiger partial charge >= 0.3 is 0 Å². The molecule has 100 valence electrons. The van der Waals surface area contributed by atoms with E-state index in [-0.39, 0.29) is 10.9 Å². The highest BCUT2D eigenvalue weighted by molar-refractivity contribution is 14.1. The first kappa shape index (κ1) is 14.8. The van der Waals surface area contributed by atoms with Crippen LogP contribution in [0.3, 0.4) is 0 Å². The van der Waals surface area contributed by atoms with Crippen molar-refractivity contribution < 1.29 is 9.18 Å². The maximum absolute atomic E-state index is 13.0. The van der Waals surface area contributed by atoms with E-state index in [1.54, 1.807) is 12.1 Å². The zero-order valence-corrected chi connectivity index (χ0v) is 12.9. The molecule has 0 heterocycles. The topological polar surface area (TPSA) is 52.9 Å². The lowest BCUT2D eigenvalue weighted by atomic mass is 10.2. The van der Waals surface area contributed by atoms with E-state index >= 15 is 0 Å². The van der Waals surface area contributed by atoms with E-state index in [4.69, 9.17) is 16.9 Å². The first-order valence-corrected chi connectivity index (χ1v) is 6.93. The number of carbonyl (C=O) groups is 1. The van der Waals surface area contributed by atoms with Crippen LogP contribution in [-0.4, -0.2) is 5.91 Å². The molecule has 1 N–H and O–H groups in total. The zero-order valence-electron chi connectivity index (χ0n) is 9.95. The summed E-state index contributed by atoms with van der Waals surface area (Å²) in [4.78, 5) is 12.1. The number of benzene rings is 2. The molecule has 1 amide bonds. The van der Waals surface area contributed by atoms with Crippen molar-refractivity contribution in [2.45, 2.75) is 0 Å². The molecule has 0 aromatic heterocycles. The number of carbonyl (C=O) groups excluding carboxylic acids is 1. The van der Waals surface area contributed by atoms with Crippen LogP contribution in [0.2, 0.25) is 5.02 Å². The maximum atomic E-state index is 13.0. The summed E-state index contributed by atoms with van der Waals surface area (Å²) >= 11 is 7.86. The highest BCUT2D eigenvalue weighted by Gasteiger charge is 2.12. The lowest BCUT2D eigenvalue weighted by Gasteiger charge is -2.08. The average molecular weight is 401 g/mol. The zero-order chi connectivity index (χ0) is 14.7. The van der Waals surface area contributed by atoms with Gasteiger partial charge in [-0.25, -0.2) is 4.39 Å². The molecule has 0 unspecified atom stereocenters. The van der Waals surface area contributed by atoms with Gasteiger partial charge in [-0.2, -0.15) is 5.26 Å². The van der Waals surface area contributed by atoms with Crippen molar-refractivity contribution in [3.8, 4) is 6.07 Å². The molecule has 0 saturated heterocycles. The minimum absolute atomic E-state index is 0.273. The highest BCUT2D eigenvalue weighted by atomic mass is 127. The smallest absolute Gasteiger partial charge is 0.256 e. The first-order valence-electron chi connectivity index (χ1n) is 5.47.